The van der Waals surface area contributed by atoms with Crippen molar-refractivity contribution in [2.75, 3.05) is 5.75 Å². The number of nitrogens with one attached hydrogen (secondary N) is 1. The molecular weight excluding hydrogens is 442 g/mol. The number of thioether (sulfide) groups is 1. The molecule has 0 heterocycles. The van der Waals surface area contributed by atoms with Gasteiger partial charge in [-0.05, 0) is 54.5 Å². The molecule has 3 aromatic carbocycles. The molecule has 0 saturated heterocycles. The summed E-state index contributed by atoms with van der Waals surface area (Å²) < 4.78 is 0. The summed E-state index contributed by atoms with van der Waals surface area (Å²) in [6.07, 6.45) is 4.90. The Hall–Kier alpha value is -3.05. The summed E-state index contributed by atoms with van der Waals surface area (Å²) in [4.78, 5) is 24.7. The monoisotopic (exact) mass is 475 g/mol. The molecule has 178 valence electrons. The average Bonchev–Trinajstić information content (AvgIpc) is 2.86. The number of hydrogen-bond donors (Lipinski definition) is 2. The largest absolute Gasteiger partial charge is 0.481 e. The van der Waals surface area contributed by atoms with Crippen LogP contribution in [0.5, 0.6) is 0 Å². The number of benzene rings is 3. The Bertz CT molecular complexity index is 1020. The minimum absolute atomic E-state index is 0.00809. The van der Waals surface area contributed by atoms with E-state index in [2.05, 4.69) is 59.9 Å². The van der Waals surface area contributed by atoms with Crippen LogP contribution < -0.4 is 5.32 Å². The molecule has 1 atom stereocenters. The van der Waals surface area contributed by atoms with Crippen molar-refractivity contribution in [3.05, 3.63) is 90.5 Å². The zero-order chi connectivity index (χ0) is 24.0. The third kappa shape index (κ3) is 9.44. The minimum Gasteiger partial charge on any atom is -0.481 e. The van der Waals surface area contributed by atoms with E-state index in [1.54, 1.807) is 11.8 Å². The van der Waals surface area contributed by atoms with Crippen molar-refractivity contribution in [1.29, 1.82) is 0 Å². The Balaban J connectivity index is 1.45. The number of hydrogen-bond acceptors (Lipinski definition) is 3. The van der Waals surface area contributed by atoms with Crippen molar-refractivity contribution in [2.24, 2.45) is 0 Å². The molecule has 0 saturated carbocycles. The zero-order valence-corrected chi connectivity index (χ0v) is 20.3. The van der Waals surface area contributed by atoms with Gasteiger partial charge in [-0.2, -0.15) is 0 Å². The van der Waals surface area contributed by atoms with Gasteiger partial charge in [0.15, 0.2) is 0 Å². The molecule has 3 rings (SSSR count). The molecule has 0 aromatic heterocycles. The molecule has 0 spiro atoms. The molecule has 0 bridgehead atoms. The van der Waals surface area contributed by atoms with Gasteiger partial charge in [0.2, 0.25) is 5.91 Å². The van der Waals surface area contributed by atoms with Crippen molar-refractivity contribution in [3.8, 4) is 11.1 Å². The molecule has 1 amide bonds. The van der Waals surface area contributed by atoms with Crippen LogP contribution in [0, 0.1) is 0 Å². The van der Waals surface area contributed by atoms with Crippen LogP contribution in [0.2, 0.25) is 0 Å². The Morgan fingerprint density at radius 3 is 2.24 bits per heavy atom. The van der Waals surface area contributed by atoms with Gasteiger partial charge < -0.3 is 10.4 Å². The highest BCUT2D eigenvalue weighted by Crippen LogP contribution is 2.26. The van der Waals surface area contributed by atoms with Crippen molar-refractivity contribution in [1.82, 2.24) is 5.32 Å². The number of carbonyl (C=O) groups is 2. The van der Waals surface area contributed by atoms with Crippen LogP contribution in [0.4, 0.5) is 0 Å². The summed E-state index contributed by atoms with van der Waals surface area (Å²) >= 11 is 1.65. The fraction of sp³-hybridized carbons (Fsp3) is 0.310. The molecule has 34 heavy (non-hydrogen) atoms. The molecule has 2 N–H and O–H groups in total. The van der Waals surface area contributed by atoms with Crippen molar-refractivity contribution < 1.29 is 14.7 Å². The third-order valence-corrected chi connectivity index (χ3v) is 6.83. The van der Waals surface area contributed by atoms with Gasteiger partial charge in [-0.15, -0.1) is 11.8 Å². The van der Waals surface area contributed by atoms with Crippen LogP contribution in [0.3, 0.4) is 0 Å². The molecule has 0 fully saturated rings. The number of amides is 1. The van der Waals surface area contributed by atoms with Crippen LogP contribution >= 0.6 is 11.8 Å². The number of rotatable bonds is 14. The summed E-state index contributed by atoms with van der Waals surface area (Å²) in [6.45, 7) is 0. The summed E-state index contributed by atoms with van der Waals surface area (Å²) in [5.74, 6) is -0.185. The van der Waals surface area contributed by atoms with Gasteiger partial charge >= 0.3 is 5.97 Å². The van der Waals surface area contributed by atoms with E-state index < -0.39 is 5.97 Å². The summed E-state index contributed by atoms with van der Waals surface area (Å²) in [7, 11) is 0. The van der Waals surface area contributed by atoms with E-state index in [9.17, 15) is 9.59 Å². The van der Waals surface area contributed by atoms with Gasteiger partial charge in [0, 0.05) is 29.5 Å². The van der Waals surface area contributed by atoms with E-state index in [0.29, 0.717) is 18.6 Å². The van der Waals surface area contributed by atoms with Gasteiger partial charge in [0.25, 0.3) is 0 Å². The molecule has 0 aliphatic rings. The predicted molar refractivity (Wildman–Crippen MR) is 140 cm³/mol. The lowest BCUT2D eigenvalue weighted by Gasteiger charge is -2.18. The normalized spacial score (nSPS) is 11.6. The number of aliphatic carboxylic acids is 1. The van der Waals surface area contributed by atoms with E-state index in [1.807, 2.05) is 30.3 Å². The van der Waals surface area contributed by atoms with E-state index in [4.69, 9.17) is 5.11 Å². The third-order valence-electron chi connectivity index (χ3n) is 5.68. The number of aryl methyl sites for hydroxylation is 1. The topological polar surface area (TPSA) is 66.4 Å². The quantitative estimate of drug-likeness (QED) is 0.204. The fourth-order valence-electron chi connectivity index (χ4n) is 3.82. The number of carboxylic acid groups (broad SMARTS) is 1. The van der Waals surface area contributed by atoms with Gasteiger partial charge in [-0.1, -0.05) is 79.2 Å². The van der Waals surface area contributed by atoms with Crippen LogP contribution in [-0.4, -0.2) is 28.8 Å². The van der Waals surface area contributed by atoms with Crippen LogP contribution in [0.25, 0.3) is 11.1 Å². The van der Waals surface area contributed by atoms with Crippen molar-refractivity contribution >= 4 is 23.6 Å². The minimum atomic E-state index is -0.837. The molecule has 3 aromatic rings. The Kier molecular flexibility index (Phi) is 10.7. The first kappa shape index (κ1) is 25.6. The molecule has 0 unspecified atom stereocenters. The summed E-state index contributed by atoms with van der Waals surface area (Å²) in [5.41, 5.74) is 3.63. The summed E-state index contributed by atoms with van der Waals surface area (Å²) in [5, 5.41) is 12.2. The van der Waals surface area contributed by atoms with Crippen molar-refractivity contribution in [2.45, 2.75) is 55.9 Å². The zero-order valence-electron chi connectivity index (χ0n) is 19.5. The average molecular weight is 476 g/mol. The number of unbranched alkanes of at least 4 members (excludes halogenated alkanes) is 2. The Morgan fingerprint density at radius 1 is 0.794 bits per heavy atom. The second-order valence-electron chi connectivity index (χ2n) is 8.45. The van der Waals surface area contributed by atoms with Crippen LogP contribution in [0.1, 0.15) is 44.1 Å². The first-order chi connectivity index (χ1) is 16.6. The van der Waals surface area contributed by atoms with E-state index in [1.165, 1.54) is 5.56 Å². The van der Waals surface area contributed by atoms with Crippen LogP contribution in [-0.2, 0) is 16.0 Å². The van der Waals surface area contributed by atoms with Gasteiger partial charge in [-0.25, -0.2) is 0 Å². The smallest absolute Gasteiger partial charge is 0.303 e. The maximum Gasteiger partial charge on any atom is 0.303 e. The fourth-order valence-corrected chi connectivity index (χ4v) is 4.85. The standard InChI is InChI=1S/C29H33NO3S/c31-28(18-9-2-6-13-23-11-4-1-5-12-23)30-26(19-20-29(32)33)22-34-27-17-10-16-25(21-27)24-14-7-3-8-15-24/h1,3-5,7-8,10-12,14-17,21,26H,2,6,9,13,18-20,22H2,(H,30,31)(H,32,33)/t26-/m0/s1. The molecule has 4 nitrogen and oxygen atoms in total. The van der Waals surface area contributed by atoms with Crippen molar-refractivity contribution in [3.63, 3.8) is 0 Å². The number of carboxylic acids is 1. The highest BCUT2D eigenvalue weighted by molar-refractivity contribution is 7.99. The predicted octanol–water partition coefficient (Wildman–Crippen LogP) is 6.60. The van der Waals surface area contributed by atoms with Crippen LogP contribution in [0.15, 0.2) is 89.8 Å². The van der Waals surface area contributed by atoms with Gasteiger partial charge in [-0.3, -0.25) is 9.59 Å². The highest BCUT2D eigenvalue weighted by atomic mass is 32.2. The van der Waals surface area contributed by atoms with E-state index >= 15 is 0 Å². The van der Waals surface area contributed by atoms with E-state index in [-0.39, 0.29) is 18.4 Å². The molecule has 0 aliphatic carbocycles. The highest BCUT2D eigenvalue weighted by Gasteiger charge is 2.15. The van der Waals surface area contributed by atoms with E-state index in [0.717, 1.165) is 41.7 Å². The molecule has 5 heteroatoms. The lowest BCUT2D eigenvalue weighted by atomic mass is 10.1. The number of carbonyl (C=O) groups excluding carboxylic acids is 1. The second kappa shape index (κ2) is 14.3. The molecule has 0 aliphatic heterocycles. The molecule has 0 radical (unpaired) electrons. The maximum atomic E-state index is 12.5. The maximum absolute atomic E-state index is 12.5. The lowest BCUT2D eigenvalue weighted by molar-refractivity contribution is -0.137. The Morgan fingerprint density at radius 2 is 1.50 bits per heavy atom. The van der Waals surface area contributed by atoms with Gasteiger partial charge in [0.05, 0.1) is 0 Å². The second-order valence-corrected chi connectivity index (χ2v) is 9.54. The van der Waals surface area contributed by atoms with Gasteiger partial charge in [0.1, 0.15) is 0 Å². The SMILES string of the molecule is O=C(O)CC[C@@H](CSc1cccc(-c2ccccc2)c1)NC(=O)CCCCCc1ccccc1. The first-order valence-corrected chi connectivity index (χ1v) is 12.9. The summed E-state index contributed by atoms with van der Waals surface area (Å²) in [6, 6.07) is 28.7. The Labute approximate surface area is 206 Å². The lowest BCUT2D eigenvalue weighted by Crippen LogP contribution is -2.37. The first-order valence-electron chi connectivity index (χ1n) is 11.9. The molecular formula is C29H33NO3S.